The summed E-state index contributed by atoms with van der Waals surface area (Å²) in [4.78, 5) is 2.55. The molecule has 0 bridgehead atoms. The van der Waals surface area contributed by atoms with Crippen LogP contribution in [0.2, 0.25) is 5.02 Å². The molecule has 0 aliphatic heterocycles. The predicted molar refractivity (Wildman–Crippen MR) is 91.4 cm³/mol. The highest BCUT2D eigenvalue weighted by atomic mass is 79.9. The van der Waals surface area contributed by atoms with Crippen LogP contribution in [0.1, 0.15) is 28.3 Å². The molecule has 2 rings (SSSR count). The first-order valence-electron chi connectivity index (χ1n) is 5.97. The van der Waals surface area contributed by atoms with E-state index in [-0.39, 0.29) is 6.04 Å². The molecule has 0 saturated carbocycles. The standard InChI is InChI=1S/C14H14Br2ClNS/c1-3-18-13(14-11(16)7-8(2)19-14)9-5-4-6-10(15)12(9)17/h4-7,13,18H,3H2,1-2H3. The summed E-state index contributed by atoms with van der Waals surface area (Å²) in [6.07, 6.45) is 0. The van der Waals surface area contributed by atoms with Gasteiger partial charge in [0.1, 0.15) is 0 Å². The van der Waals surface area contributed by atoms with Gasteiger partial charge in [-0.3, -0.25) is 0 Å². The van der Waals surface area contributed by atoms with Crippen molar-refractivity contribution in [2.75, 3.05) is 6.54 Å². The Kier molecular flexibility index (Phi) is 5.49. The fraction of sp³-hybridized carbons (Fsp3) is 0.286. The van der Waals surface area contributed by atoms with E-state index >= 15 is 0 Å². The molecule has 0 fully saturated rings. The van der Waals surface area contributed by atoms with Crippen LogP contribution in [-0.2, 0) is 0 Å². The first-order chi connectivity index (χ1) is 9.04. The van der Waals surface area contributed by atoms with Crippen LogP contribution in [0.5, 0.6) is 0 Å². The molecule has 1 N–H and O–H groups in total. The van der Waals surface area contributed by atoms with E-state index in [0.717, 1.165) is 26.1 Å². The minimum Gasteiger partial charge on any atom is -0.306 e. The number of thiophene rings is 1. The summed E-state index contributed by atoms with van der Waals surface area (Å²) >= 11 is 15.4. The van der Waals surface area contributed by atoms with Crippen molar-refractivity contribution in [3.05, 3.63) is 53.6 Å². The third-order valence-corrected chi connectivity index (χ3v) is 6.14. The summed E-state index contributed by atoms with van der Waals surface area (Å²) in [5, 5.41) is 4.28. The lowest BCUT2D eigenvalue weighted by molar-refractivity contribution is 0.638. The number of halogens is 3. The van der Waals surface area contributed by atoms with Gasteiger partial charge in [0.2, 0.25) is 0 Å². The Balaban J connectivity index is 2.51. The van der Waals surface area contributed by atoms with Crippen LogP contribution in [0.25, 0.3) is 0 Å². The van der Waals surface area contributed by atoms with E-state index in [2.05, 4.69) is 63.2 Å². The van der Waals surface area contributed by atoms with Gasteiger partial charge in [0.15, 0.2) is 0 Å². The molecular weight excluding hydrogens is 409 g/mol. The Bertz CT molecular complexity index is 583. The highest BCUT2D eigenvalue weighted by Gasteiger charge is 2.21. The average Bonchev–Trinajstić information content (AvgIpc) is 2.69. The molecule has 5 heteroatoms. The Hall–Kier alpha value is 0.130. The van der Waals surface area contributed by atoms with Crippen LogP contribution in [0, 0.1) is 6.92 Å². The lowest BCUT2D eigenvalue weighted by atomic mass is 10.1. The summed E-state index contributed by atoms with van der Waals surface area (Å²) in [5.74, 6) is 0. The summed E-state index contributed by atoms with van der Waals surface area (Å²) in [6, 6.07) is 8.31. The van der Waals surface area contributed by atoms with Crippen molar-refractivity contribution in [1.82, 2.24) is 5.32 Å². The molecule has 1 nitrogen and oxygen atoms in total. The number of benzene rings is 1. The van der Waals surface area contributed by atoms with Gasteiger partial charge in [-0.15, -0.1) is 11.3 Å². The summed E-state index contributed by atoms with van der Waals surface area (Å²) < 4.78 is 2.07. The van der Waals surface area contributed by atoms with Gasteiger partial charge in [-0.1, -0.05) is 30.7 Å². The van der Waals surface area contributed by atoms with Crippen molar-refractivity contribution in [2.45, 2.75) is 19.9 Å². The zero-order chi connectivity index (χ0) is 14.0. The summed E-state index contributed by atoms with van der Waals surface area (Å²) in [6.45, 7) is 5.11. The van der Waals surface area contributed by atoms with Crippen molar-refractivity contribution in [3.63, 3.8) is 0 Å². The number of hydrogen-bond acceptors (Lipinski definition) is 2. The largest absolute Gasteiger partial charge is 0.306 e. The van der Waals surface area contributed by atoms with Gasteiger partial charge in [0.25, 0.3) is 0 Å². The predicted octanol–water partition coefficient (Wildman–Crippen LogP) is 5.93. The Morgan fingerprint density at radius 3 is 2.63 bits per heavy atom. The molecule has 1 heterocycles. The molecule has 0 aliphatic rings. The van der Waals surface area contributed by atoms with Gasteiger partial charge in [-0.25, -0.2) is 0 Å². The van der Waals surface area contributed by atoms with Gasteiger partial charge >= 0.3 is 0 Å². The van der Waals surface area contributed by atoms with E-state index in [0.29, 0.717) is 0 Å². The van der Waals surface area contributed by atoms with E-state index in [4.69, 9.17) is 11.6 Å². The first-order valence-corrected chi connectivity index (χ1v) is 8.75. The van der Waals surface area contributed by atoms with Crippen LogP contribution >= 0.6 is 54.8 Å². The minimum absolute atomic E-state index is 0.114. The molecule has 19 heavy (non-hydrogen) atoms. The van der Waals surface area contributed by atoms with Gasteiger partial charge in [0.05, 0.1) is 11.1 Å². The summed E-state index contributed by atoms with van der Waals surface area (Å²) in [5.41, 5.74) is 1.10. The van der Waals surface area contributed by atoms with E-state index in [1.807, 2.05) is 12.1 Å². The van der Waals surface area contributed by atoms with E-state index < -0.39 is 0 Å². The highest BCUT2D eigenvalue weighted by Crippen LogP contribution is 2.39. The SMILES string of the molecule is CCNC(c1cccc(Br)c1Cl)c1sc(C)cc1Br. The van der Waals surface area contributed by atoms with Crippen molar-refractivity contribution in [2.24, 2.45) is 0 Å². The third kappa shape index (κ3) is 3.42. The topological polar surface area (TPSA) is 12.0 Å². The van der Waals surface area contributed by atoms with Crippen molar-refractivity contribution in [1.29, 1.82) is 0 Å². The molecule has 0 spiro atoms. The smallest absolute Gasteiger partial charge is 0.0697 e. The molecule has 0 saturated heterocycles. The Morgan fingerprint density at radius 1 is 1.32 bits per heavy atom. The quantitative estimate of drug-likeness (QED) is 0.642. The van der Waals surface area contributed by atoms with Gasteiger partial charge in [-0.05, 0) is 63.0 Å². The lowest BCUT2D eigenvalue weighted by Crippen LogP contribution is -2.21. The van der Waals surface area contributed by atoms with Crippen molar-refractivity contribution < 1.29 is 0 Å². The molecule has 2 aromatic rings. The van der Waals surface area contributed by atoms with Gasteiger partial charge in [0, 0.05) is 18.7 Å². The molecule has 1 aromatic carbocycles. The number of hydrogen-bond donors (Lipinski definition) is 1. The zero-order valence-corrected chi connectivity index (χ0v) is 15.4. The average molecular weight is 424 g/mol. The number of aryl methyl sites for hydroxylation is 1. The van der Waals surface area contributed by atoms with Gasteiger partial charge in [-0.2, -0.15) is 0 Å². The minimum atomic E-state index is 0.114. The molecule has 0 amide bonds. The lowest BCUT2D eigenvalue weighted by Gasteiger charge is -2.19. The fourth-order valence-corrected chi connectivity index (χ4v) is 4.58. The molecule has 102 valence electrons. The molecule has 1 atom stereocenters. The van der Waals surface area contributed by atoms with Gasteiger partial charge < -0.3 is 5.32 Å². The normalized spacial score (nSPS) is 12.7. The third-order valence-electron chi connectivity index (χ3n) is 2.80. The van der Waals surface area contributed by atoms with Crippen LogP contribution < -0.4 is 5.32 Å². The van der Waals surface area contributed by atoms with Crippen molar-refractivity contribution in [3.8, 4) is 0 Å². The van der Waals surface area contributed by atoms with E-state index in [1.54, 1.807) is 11.3 Å². The van der Waals surface area contributed by atoms with Crippen LogP contribution in [0.4, 0.5) is 0 Å². The second-order valence-electron chi connectivity index (χ2n) is 4.20. The maximum atomic E-state index is 6.44. The van der Waals surface area contributed by atoms with Crippen LogP contribution in [0.15, 0.2) is 33.2 Å². The molecule has 0 aliphatic carbocycles. The molecule has 0 radical (unpaired) electrons. The summed E-state index contributed by atoms with van der Waals surface area (Å²) in [7, 11) is 0. The molecular formula is C14H14Br2ClNS. The number of nitrogens with one attached hydrogen (secondary N) is 1. The van der Waals surface area contributed by atoms with E-state index in [9.17, 15) is 0 Å². The maximum Gasteiger partial charge on any atom is 0.0697 e. The van der Waals surface area contributed by atoms with E-state index in [1.165, 1.54) is 9.75 Å². The first kappa shape index (κ1) is 15.5. The van der Waals surface area contributed by atoms with Crippen LogP contribution in [-0.4, -0.2) is 6.54 Å². The highest BCUT2D eigenvalue weighted by molar-refractivity contribution is 9.10. The Morgan fingerprint density at radius 2 is 2.05 bits per heavy atom. The van der Waals surface area contributed by atoms with Crippen molar-refractivity contribution >= 4 is 54.8 Å². The number of rotatable bonds is 4. The van der Waals surface area contributed by atoms with Crippen LogP contribution in [0.3, 0.4) is 0 Å². The maximum absolute atomic E-state index is 6.44. The Labute approximate surface area is 139 Å². The second kappa shape index (κ2) is 6.72. The fourth-order valence-electron chi connectivity index (χ4n) is 1.99. The molecule has 1 aromatic heterocycles. The molecule has 1 unspecified atom stereocenters. The second-order valence-corrected chi connectivity index (χ2v) is 7.58. The monoisotopic (exact) mass is 421 g/mol. The zero-order valence-electron chi connectivity index (χ0n) is 10.6.